The predicted octanol–water partition coefficient (Wildman–Crippen LogP) is 2.07. The molecule has 2 aliphatic rings. The lowest BCUT2D eigenvalue weighted by molar-refractivity contribution is -0.124. The highest BCUT2D eigenvalue weighted by atomic mass is 32.2. The second kappa shape index (κ2) is 6.61. The fourth-order valence-electron chi connectivity index (χ4n) is 3.07. The second-order valence-corrected chi connectivity index (χ2v) is 8.34. The van der Waals surface area contributed by atoms with E-state index in [0.29, 0.717) is 13.0 Å². The number of hydrogen-bond acceptors (Lipinski definition) is 3. The van der Waals surface area contributed by atoms with E-state index in [1.165, 1.54) is 4.31 Å². The Morgan fingerprint density at radius 1 is 1.22 bits per heavy atom. The van der Waals surface area contributed by atoms with Crippen molar-refractivity contribution in [2.24, 2.45) is 0 Å². The van der Waals surface area contributed by atoms with Crippen molar-refractivity contribution in [3.8, 4) is 0 Å². The van der Waals surface area contributed by atoms with Crippen molar-refractivity contribution in [2.75, 3.05) is 6.54 Å². The first-order valence-electron chi connectivity index (χ1n) is 8.43. The van der Waals surface area contributed by atoms with Crippen molar-refractivity contribution in [2.45, 2.75) is 62.4 Å². The van der Waals surface area contributed by atoms with E-state index in [9.17, 15) is 13.2 Å². The van der Waals surface area contributed by atoms with Gasteiger partial charge in [0, 0.05) is 12.6 Å². The van der Waals surface area contributed by atoms with Gasteiger partial charge in [-0.2, -0.15) is 4.31 Å². The van der Waals surface area contributed by atoms with E-state index in [1.807, 2.05) is 12.1 Å². The van der Waals surface area contributed by atoms with Crippen molar-refractivity contribution in [1.82, 2.24) is 9.62 Å². The molecule has 0 spiro atoms. The zero-order chi connectivity index (χ0) is 16.4. The molecule has 1 N–H and O–H groups in total. The predicted molar refractivity (Wildman–Crippen MR) is 88.5 cm³/mol. The van der Waals surface area contributed by atoms with E-state index in [1.54, 1.807) is 12.1 Å². The first-order valence-corrected chi connectivity index (χ1v) is 9.87. The minimum Gasteiger partial charge on any atom is -0.352 e. The molecule has 1 saturated heterocycles. The Labute approximate surface area is 138 Å². The van der Waals surface area contributed by atoms with Crippen molar-refractivity contribution in [3.05, 3.63) is 29.8 Å². The van der Waals surface area contributed by atoms with Gasteiger partial charge in [-0.3, -0.25) is 4.79 Å². The molecule has 1 heterocycles. The van der Waals surface area contributed by atoms with Gasteiger partial charge in [0.05, 0.1) is 4.90 Å². The van der Waals surface area contributed by atoms with Crippen LogP contribution in [0.3, 0.4) is 0 Å². The molecule has 0 bridgehead atoms. The Bertz CT molecular complexity index is 666. The molecule has 1 saturated carbocycles. The van der Waals surface area contributed by atoms with Gasteiger partial charge in [-0.05, 0) is 49.8 Å². The number of carbonyl (C=O) groups is 1. The van der Waals surface area contributed by atoms with Crippen LogP contribution in [0.1, 0.15) is 44.6 Å². The van der Waals surface area contributed by atoms with Crippen LogP contribution in [0.25, 0.3) is 0 Å². The summed E-state index contributed by atoms with van der Waals surface area (Å²) in [7, 11) is -3.61. The van der Waals surface area contributed by atoms with Crippen LogP contribution >= 0.6 is 0 Å². The minimum atomic E-state index is -3.61. The van der Waals surface area contributed by atoms with Crippen molar-refractivity contribution < 1.29 is 13.2 Å². The van der Waals surface area contributed by atoms with Gasteiger partial charge in [-0.1, -0.05) is 25.5 Å². The second-order valence-electron chi connectivity index (χ2n) is 6.45. The SMILES string of the molecule is CCCc1ccc(S(=O)(=O)N2CCCC2C(=O)NC2CC2)cc1. The van der Waals surface area contributed by atoms with E-state index in [4.69, 9.17) is 0 Å². The van der Waals surface area contributed by atoms with Crippen LogP contribution in [-0.4, -0.2) is 37.3 Å². The van der Waals surface area contributed by atoms with Crippen LogP contribution in [0.4, 0.5) is 0 Å². The molecular weight excluding hydrogens is 312 g/mol. The molecule has 3 rings (SSSR count). The van der Waals surface area contributed by atoms with E-state index in [-0.39, 0.29) is 16.8 Å². The molecule has 1 aromatic rings. The molecule has 1 unspecified atom stereocenters. The quantitative estimate of drug-likeness (QED) is 0.865. The summed E-state index contributed by atoms with van der Waals surface area (Å²) in [5.74, 6) is -0.142. The summed E-state index contributed by atoms with van der Waals surface area (Å²) in [5, 5.41) is 2.93. The van der Waals surface area contributed by atoms with E-state index >= 15 is 0 Å². The van der Waals surface area contributed by atoms with Crippen molar-refractivity contribution in [3.63, 3.8) is 0 Å². The lowest BCUT2D eigenvalue weighted by Gasteiger charge is -2.23. The Morgan fingerprint density at radius 2 is 1.91 bits per heavy atom. The number of aryl methyl sites for hydroxylation is 1. The third kappa shape index (κ3) is 3.58. The molecule has 0 aromatic heterocycles. The van der Waals surface area contributed by atoms with Crippen molar-refractivity contribution in [1.29, 1.82) is 0 Å². The third-order valence-corrected chi connectivity index (χ3v) is 6.42. The molecule has 1 aliphatic carbocycles. The molecular formula is C17H24N2O3S. The van der Waals surface area contributed by atoms with Crippen LogP contribution in [0.15, 0.2) is 29.2 Å². The summed E-state index contributed by atoms with van der Waals surface area (Å²) in [5.41, 5.74) is 1.14. The maximum absolute atomic E-state index is 12.9. The average molecular weight is 336 g/mol. The molecule has 1 aliphatic heterocycles. The van der Waals surface area contributed by atoms with E-state index < -0.39 is 16.1 Å². The van der Waals surface area contributed by atoms with Crippen LogP contribution in [0, 0.1) is 0 Å². The molecule has 1 aromatic carbocycles. The zero-order valence-corrected chi connectivity index (χ0v) is 14.3. The fraction of sp³-hybridized carbons (Fsp3) is 0.588. The molecule has 23 heavy (non-hydrogen) atoms. The van der Waals surface area contributed by atoms with Crippen LogP contribution in [0.2, 0.25) is 0 Å². The van der Waals surface area contributed by atoms with E-state index in [0.717, 1.165) is 37.7 Å². The lowest BCUT2D eigenvalue weighted by Crippen LogP contribution is -2.46. The number of sulfonamides is 1. The number of nitrogens with zero attached hydrogens (tertiary/aromatic N) is 1. The fourth-order valence-corrected chi connectivity index (χ4v) is 4.72. The topological polar surface area (TPSA) is 66.5 Å². The molecule has 6 heteroatoms. The van der Waals surface area contributed by atoms with E-state index in [2.05, 4.69) is 12.2 Å². The third-order valence-electron chi connectivity index (χ3n) is 4.50. The maximum atomic E-state index is 12.9. The summed E-state index contributed by atoms with van der Waals surface area (Å²) in [6, 6.07) is 6.75. The molecule has 2 fully saturated rings. The number of rotatable bonds is 6. The first kappa shape index (κ1) is 16.5. The van der Waals surface area contributed by atoms with Crippen LogP contribution in [-0.2, 0) is 21.2 Å². The number of hydrogen-bond donors (Lipinski definition) is 1. The summed E-state index contributed by atoms with van der Waals surface area (Å²) in [4.78, 5) is 12.6. The molecule has 0 radical (unpaired) electrons. The Kier molecular flexibility index (Phi) is 4.73. The van der Waals surface area contributed by atoms with Crippen LogP contribution < -0.4 is 5.32 Å². The zero-order valence-electron chi connectivity index (χ0n) is 13.5. The highest BCUT2D eigenvalue weighted by Gasteiger charge is 2.40. The van der Waals surface area contributed by atoms with Gasteiger partial charge in [-0.15, -0.1) is 0 Å². The highest BCUT2D eigenvalue weighted by molar-refractivity contribution is 7.89. The molecule has 126 valence electrons. The number of nitrogens with one attached hydrogen (secondary N) is 1. The summed E-state index contributed by atoms with van der Waals surface area (Å²) >= 11 is 0. The van der Waals surface area contributed by atoms with Gasteiger partial charge in [0.25, 0.3) is 0 Å². The number of benzene rings is 1. The number of amides is 1. The normalized spacial score (nSPS) is 22.2. The lowest BCUT2D eigenvalue weighted by atomic mass is 10.1. The van der Waals surface area contributed by atoms with Gasteiger partial charge < -0.3 is 5.32 Å². The standard InChI is InChI=1S/C17H24N2O3S/c1-2-4-13-6-10-15(11-7-13)23(21,22)19-12-3-5-16(19)17(20)18-14-8-9-14/h6-7,10-11,14,16H,2-5,8-9,12H2,1H3,(H,18,20). The summed E-state index contributed by atoms with van der Waals surface area (Å²) in [6.45, 7) is 2.51. The Balaban J connectivity index is 1.78. The molecule has 1 amide bonds. The van der Waals surface area contributed by atoms with Crippen molar-refractivity contribution >= 4 is 15.9 Å². The minimum absolute atomic E-state index is 0.142. The number of carbonyl (C=O) groups excluding carboxylic acids is 1. The highest BCUT2D eigenvalue weighted by Crippen LogP contribution is 2.28. The Hall–Kier alpha value is -1.40. The molecule has 1 atom stereocenters. The average Bonchev–Trinajstić information content (AvgIpc) is 3.19. The van der Waals surface area contributed by atoms with Gasteiger partial charge >= 0.3 is 0 Å². The smallest absolute Gasteiger partial charge is 0.243 e. The van der Waals surface area contributed by atoms with Gasteiger partial charge in [0.2, 0.25) is 15.9 Å². The monoisotopic (exact) mass is 336 g/mol. The maximum Gasteiger partial charge on any atom is 0.243 e. The van der Waals surface area contributed by atoms with Gasteiger partial charge in [0.15, 0.2) is 0 Å². The Morgan fingerprint density at radius 3 is 2.52 bits per heavy atom. The molecule has 5 nitrogen and oxygen atoms in total. The summed E-state index contributed by atoms with van der Waals surface area (Å²) < 4.78 is 27.1. The summed E-state index contributed by atoms with van der Waals surface area (Å²) in [6.07, 6.45) is 5.31. The van der Waals surface area contributed by atoms with Gasteiger partial charge in [-0.25, -0.2) is 8.42 Å². The van der Waals surface area contributed by atoms with Crippen LogP contribution in [0.5, 0.6) is 0 Å². The first-order chi connectivity index (χ1) is 11.0. The largest absolute Gasteiger partial charge is 0.352 e. The van der Waals surface area contributed by atoms with Gasteiger partial charge in [0.1, 0.15) is 6.04 Å².